The van der Waals surface area contributed by atoms with Crippen LogP contribution in [0, 0.1) is 24.0 Å². The van der Waals surface area contributed by atoms with Gasteiger partial charge in [-0.3, -0.25) is 14.9 Å². The number of amides is 1. The lowest BCUT2D eigenvalue weighted by Crippen LogP contribution is -2.20. The maximum absolute atomic E-state index is 11.9. The molecule has 0 aliphatic carbocycles. The number of rotatable bonds is 5. The van der Waals surface area contributed by atoms with Crippen molar-refractivity contribution in [2.24, 2.45) is 0 Å². The van der Waals surface area contributed by atoms with Gasteiger partial charge in [-0.2, -0.15) is 0 Å². The normalized spacial score (nSPS) is 10.2. The van der Waals surface area contributed by atoms with E-state index in [-0.39, 0.29) is 23.0 Å². The van der Waals surface area contributed by atoms with E-state index in [2.05, 4.69) is 5.32 Å². The Morgan fingerprint density at radius 2 is 1.91 bits per heavy atom. The number of benzene rings is 2. The Morgan fingerprint density at radius 1 is 1.26 bits per heavy atom. The fraction of sp³-hybridized carbons (Fsp3) is 0.188. The second kappa shape index (κ2) is 7.11. The van der Waals surface area contributed by atoms with E-state index in [4.69, 9.17) is 16.3 Å². The number of anilines is 1. The predicted molar refractivity (Wildman–Crippen MR) is 88.1 cm³/mol. The molecule has 0 bridgehead atoms. The largest absolute Gasteiger partial charge is 0.483 e. The average Bonchev–Trinajstić information content (AvgIpc) is 2.48. The fourth-order valence-corrected chi connectivity index (χ4v) is 2.28. The number of hydrogen-bond acceptors (Lipinski definition) is 4. The number of ether oxygens (including phenoxy) is 1. The van der Waals surface area contributed by atoms with Crippen molar-refractivity contribution in [3.8, 4) is 5.75 Å². The van der Waals surface area contributed by atoms with Gasteiger partial charge in [-0.05, 0) is 37.1 Å². The molecule has 120 valence electrons. The number of aryl methyl sites for hydroxylation is 2. The first-order valence-corrected chi connectivity index (χ1v) is 7.19. The molecule has 0 saturated heterocycles. The standard InChI is InChI=1S/C16H15ClN2O4/c1-10-4-3-5-11(2)16(10)23-9-15(20)18-12-6-7-13(17)14(8-12)19(21)22/h3-8H,9H2,1-2H3,(H,18,20). The molecule has 0 heterocycles. The van der Waals surface area contributed by atoms with E-state index in [1.54, 1.807) is 0 Å². The number of carbonyl (C=O) groups is 1. The molecule has 6 nitrogen and oxygen atoms in total. The van der Waals surface area contributed by atoms with E-state index in [1.807, 2.05) is 32.0 Å². The third-order valence-corrected chi connectivity index (χ3v) is 3.50. The van der Waals surface area contributed by atoms with Gasteiger partial charge in [0.1, 0.15) is 10.8 Å². The highest BCUT2D eigenvalue weighted by atomic mass is 35.5. The minimum Gasteiger partial charge on any atom is -0.483 e. The summed E-state index contributed by atoms with van der Waals surface area (Å²) < 4.78 is 5.53. The van der Waals surface area contributed by atoms with E-state index < -0.39 is 10.8 Å². The summed E-state index contributed by atoms with van der Waals surface area (Å²) in [5, 5.41) is 13.4. The van der Waals surface area contributed by atoms with E-state index in [0.29, 0.717) is 5.75 Å². The SMILES string of the molecule is Cc1cccc(C)c1OCC(=O)Nc1ccc(Cl)c([N+](=O)[O-])c1. The highest BCUT2D eigenvalue weighted by Crippen LogP contribution is 2.27. The van der Waals surface area contributed by atoms with Gasteiger partial charge in [-0.25, -0.2) is 0 Å². The van der Waals surface area contributed by atoms with Crippen molar-refractivity contribution in [1.29, 1.82) is 0 Å². The Kier molecular flexibility index (Phi) is 5.18. The summed E-state index contributed by atoms with van der Waals surface area (Å²) in [6, 6.07) is 9.75. The average molecular weight is 335 g/mol. The number of nitrogens with one attached hydrogen (secondary N) is 1. The van der Waals surface area contributed by atoms with Gasteiger partial charge in [0.15, 0.2) is 6.61 Å². The molecule has 0 radical (unpaired) electrons. The van der Waals surface area contributed by atoms with Crippen LogP contribution >= 0.6 is 11.6 Å². The Bertz CT molecular complexity index is 741. The van der Waals surface area contributed by atoms with Gasteiger partial charge in [0.2, 0.25) is 0 Å². The molecule has 0 atom stereocenters. The first-order chi connectivity index (χ1) is 10.9. The first kappa shape index (κ1) is 16.8. The van der Waals surface area contributed by atoms with Crippen molar-refractivity contribution >= 4 is 28.9 Å². The van der Waals surface area contributed by atoms with Crippen LogP contribution in [0.1, 0.15) is 11.1 Å². The molecule has 2 aromatic rings. The molecule has 23 heavy (non-hydrogen) atoms. The van der Waals surface area contributed by atoms with Crippen LogP contribution in [0.5, 0.6) is 5.75 Å². The minimum absolute atomic E-state index is 0.0137. The lowest BCUT2D eigenvalue weighted by Gasteiger charge is -2.12. The highest BCUT2D eigenvalue weighted by molar-refractivity contribution is 6.32. The molecule has 2 rings (SSSR count). The van der Waals surface area contributed by atoms with Crippen LogP contribution in [0.15, 0.2) is 36.4 Å². The number of carbonyl (C=O) groups excluding carboxylic acids is 1. The zero-order valence-electron chi connectivity index (χ0n) is 12.6. The smallest absolute Gasteiger partial charge is 0.289 e. The maximum Gasteiger partial charge on any atom is 0.289 e. The van der Waals surface area contributed by atoms with Crippen molar-refractivity contribution < 1.29 is 14.5 Å². The molecule has 1 N–H and O–H groups in total. The summed E-state index contributed by atoms with van der Waals surface area (Å²) >= 11 is 5.72. The Labute approximate surface area is 138 Å². The van der Waals surface area contributed by atoms with Gasteiger partial charge in [0.05, 0.1) is 4.92 Å². The zero-order chi connectivity index (χ0) is 17.0. The second-order valence-electron chi connectivity index (χ2n) is 4.98. The van der Waals surface area contributed by atoms with Crippen LogP contribution < -0.4 is 10.1 Å². The summed E-state index contributed by atoms with van der Waals surface area (Å²) in [6.07, 6.45) is 0. The van der Waals surface area contributed by atoms with Crippen molar-refractivity contribution in [3.05, 3.63) is 62.7 Å². The van der Waals surface area contributed by atoms with Crippen LogP contribution in [0.2, 0.25) is 5.02 Å². The summed E-state index contributed by atoms with van der Waals surface area (Å²) in [5.74, 6) is 0.244. The molecule has 0 aliphatic rings. The second-order valence-corrected chi connectivity index (χ2v) is 5.39. The molecular formula is C16H15ClN2O4. The number of hydrogen-bond donors (Lipinski definition) is 1. The summed E-state index contributed by atoms with van der Waals surface area (Å²) in [5.41, 5.74) is 1.89. The first-order valence-electron chi connectivity index (χ1n) is 6.81. The quantitative estimate of drug-likeness (QED) is 0.664. The van der Waals surface area contributed by atoms with Gasteiger partial charge >= 0.3 is 0 Å². The molecular weight excluding hydrogens is 320 g/mol. The third-order valence-electron chi connectivity index (χ3n) is 3.18. The maximum atomic E-state index is 11.9. The highest BCUT2D eigenvalue weighted by Gasteiger charge is 2.14. The van der Waals surface area contributed by atoms with Crippen molar-refractivity contribution in [2.75, 3.05) is 11.9 Å². The Hall–Kier alpha value is -2.60. The summed E-state index contributed by atoms with van der Waals surface area (Å²) in [6.45, 7) is 3.59. The van der Waals surface area contributed by atoms with Crippen molar-refractivity contribution in [1.82, 2.24) is 0 Å². The van der Waals surface area contributed by atoms with Crippen LogP contribution in [0.25, 0.3) is 0 Å². The fourth-order valence-electron chi connectivity index (χ4n) is 2.09. The lowest BCUT2D eigenvalue weighted by atomic mass is 10.1. The number of halogens is 1. The number of nitrogens with zero attached hydrogens (tertiary/aromatic N) is 1. The number of nitro groups is 1. The monoisotopic (exact) mass is 334 g/mol. The summed E-state index contributed by atoms with van der Waals surface area (Å²) in [4.78, 5) is 22.2. The number of nitro benzene ring substituents is 1. The number of para-hydroxylation sites is 1. The lowest BCUT2D eigenvalue weighted by molar-refractivity contribution is -0.384. The van der Waals surface area contributed by atoms with E-state index >= 15 is 0 Å². The van der Waals surface area contributed by atoms with Crippen molar-refractivity contribution in [2.45, 2.75) is 13.8 Å². The predicted octanol–water partition coefficient (Wildman–Crippen LogP) is 3.88. The molecule has 1 amide bonds. The molecule has 0 saturated carbocycles. The molecule has 0 spiro atoms. The van der Waals surface area contributed by atoms with E-state index in [9.17, 15) is 14.9 Å². The Morgan fingerprint density at radius 3 is 2.52 bits per heavy atom. The molecule has 0 aliphatic heterocycles. The van der Waals surface area contributed by atoms with Gasteiger partial charge in [0, 0.05) is 11.8 Å². The molecule has 7 heteroatoms. The molecule has 0 fully saturated rings. The van der Waals surface area contributed by atoms with Crippen LogP contribution in [0.4, 0.5) is 11.4 Å². The minimum atomic E-state index is -0.606. The van der Waals surface area contributed by atoms with Gasteiger partial charge in [0.25, 0.3) is 11.6 Å². The summed E-state index contributed by atoms with van der Waals surface area (Å²) in [7, 11) is 0. The topological polar surface area (TPSA) is 81.5 Å². The third kappa shape index (κ3) is 4.20. The molecule has 0 aromatic heterocycles. The molecule has 0 unspecified atom stereocenters. The van der Waals surface area contributed by atoms with E-state index in [0.717, 1.165) is 11.1 Å². The zero-order valence-corrected chi connectivity index (χ0v) is 13.4. The van der Waals surface area contributed by atoms with E-state index in [1.165, 1.54) is 18.2 Å². The Balaban J connectivity index is 2.03. The molecule has 2 aromatic carbocycles. The van der Waals surface area contributed by atoms with Crippen LogP contribution in [-0.2, 0) is 4.79 Å². The van der Waals surface area contributed by atoms with Crippen LogP contribution in [-0.4, -0.2) is 17.4 Å². The van der Waals surface area contributed by atoms with Crippen LogP contribution in [0.3, 0.4) is 0 Å². The van der Waals surface area contributed by atoms with Gasteiger partial charge < -0.3 is 10.1 Å². The van der Waals surface area contributed by atoms with Gasteiger partial charge in [-0.1, -0.05) is 29.8 Å². The van der Waals surface area contributed by atoms with Crippen molar-refractivity contribution in [3.63, 3.8) is 0 Å². The van der Waals surface area contributed by atoms with Gasteiger partial charge in [-0.15, -0.1) is 0 Å².